The molecule has 1 aliphatic carbocycles. The Hall–Kier alpha value is -1.07. The van der Waals surface area contributed by atoms with Gasteiger partial charge in [0.1, 0.15) is 0 Å². The van der Waals surface area contributed by atoms with E-state index < -0.39 is 0 Å². The fourth-order valence-corrected chi connectivity index (χ4v) is 2.91. The number of aryl methyl sites for hydroxylation is 1. The van der Waals surface area contributed by atoms with Crippen LogP contribution in [0.1, 0.15) is 43.8 Å². The van der Waals surface area contributed by atoms with E-state index in [0.29, 0.717) is 12.1 Å². The molecule has 20 heavy (non-hydrogen) atoms. The summed E-state index contributed by atoms with van der Waals surface area (Å²) < 4.78 is 8.25. The van der Waals surface area contributed by atoms with Crippen LogP contribution in [-0.4, -0.2) is 41.9 Å². The monoisotopic (exact) mass is 278 g/mol. The lowest BCUT2D eigenvalue weighted by Crippen LogP contribution is -2.38. The van der Waals surface area contributed by atoms with Crippen molar-refractivity contribution in [2.45, 2.75) is 51.2 Å². The molecule has 2 heterocycles. The van der Waals surface area contributed by atoms with Gasteiger partial charge >= 0.3 is 0 Å². The zero-order valence-corrected chi connectivity index (χ0v) is 12.4. The molecule has 1 aromatic heterocycles. The van der Waals surface area contributed by atoms with Crippen molar-refractivity contribution < 1.29 is 4.74 Å². The summed E-state index contributed by atoms with van der Waals surface area (Å²) in [5.41, 5.74) is 6.63. The maximum absolute atomic E-state index is 5.87. The number of nitrogens with zero attached hydrogens (tertiary/aromatic N) is 3. The fourth-order valence-electron chi connectivity index (χ4n) is 2.91. The standard InChI is InChI=1S/C15H26N4O/c1-12-11-19(13-3-4-13)15(17-12)18-8-5-14(6-9-18)20-10-2-7-16/h11,13-14H,2-10,16H2,1H3. The minimum absolute atomic E-state index is 0.406. The highest BCUT2D eigenvalue weighted by molar-refractivity contribution is 5.35. The second kappa shape index (κ2) is 6.14. The van der Waals surface area contributed by atoms with E-state index in [1.54, 1.807) is 0 Å². The summed E-state index contributed by atoms with van der Waals surface area (Å²) in [7, 11) is 0. The van der Waals surface area contributed by atoms with Gasteiger partial charge in [0.05, 0.1) is 11.8 Å². The molecule has 2 aliphatic rings. The molecule has 112 valence electrons. The molecule has 5 heteroatoms. The first-order chi connectivity index (χ1) is 9.78. The first kappa shape index (κ1) is 13.9. The maximum atomic E-state index is 5.87. The average Bonchev–Trinajstić information content (AvgIpc) is 3.23. The van der Waals surface area contributed by atoms with Gasteiger partial charge in [-0.3, -0.25) is 0 Å². The van der Waals surface area contributed by atoms with Crippen molar-refractivity contribution in [3.8, 4) is 0 Å². The van der Waals surface area contributed by atoms with Gasteiger partial charge in [0.15, 0.2) is 0 Å². The number of piperidine rings is 1. The highest BCUT2D eigenvalue weighted by Gasteiger charge is 2.29. The number of anilines is 1. The van der Waals surface area contributed by atoms with Crippen LogP contribution >= 0.6 is 0 Å². The van der Waals surface area contributed by atoms with Gasteiger partial charge < -0.3 is 19.9 Å². The summed E-state index contributed by atoms with van der Waals surface area (Å²) in [5, 5.41) is 0. The molecule has 5 nitrogen and oxygen atoms in total. The first-order valence-corrected chi connectivity index (χ1v) is 7.90. The lowest BCUT2D eigenvalue weighted by molar-refractivity contribution is 0.0364. The summed E-state index contributed by atoms with van der Waals surface area (Å²) in [6.07, 6.45) is 8.39. The Kier molecular flexibility index (Phi) is 4.27. The minimum atomic E-state index is 0.406. The van der Waals surface area contributed by atoms with Gasteiger partial charge in [0.2, 0.25) is 5.95 Å². The Bertz CT molecular complexity index is 433. The van der Waals surface area contributed by atoms with Crippen LogP contribution in [0.5, 0.6) is 0 Å². The largest absolute Gasteiger partial charge is 0.378 e. The van der Waals surface area contributed by atoms with Crippen molar-refractivity contribution >= 4 is 5.95 Å². The number of imidazole rings is 1. The lowest BCUT2D eigenvalue weighted by atomic mass is 10.1. The molecular formula is C15H26N4O. The molecule has 2 fully saturated rings. The third-order valence-electron chi connectivity index (χ3n) is 4.20. The van der Waals surface area contributed by atoms with Crippen LogP contribution in [0.4, 0.5) is 5.95 Å². The summed E-state index contributed by atoms with van der Waals surface area (Å²) in [4.78, 5) is 7.15. The van der Waals surface area contributed by atoms with Crippen molar-refractivity contribution in [1.29, 1.82) is 0 Å². The number of ether oxygens (including phenoxy) is 1. The van der Waals surface area contributed by atoms with Gasteiger partial charge in [-0.15, -0.1) is 0 Å². The van der Waals surface area contributed by atoms with Crippen LogP contribution in [0.15, 0.2) is 6.20 Å². The summed E-state index contributed by atoms with van der Waals surface area (Å²) >= 11 is 0. The van der Waals surface area contributed by atoms with Crippen LogP contribution in [0.3, 0.4) is 0 Å². The first-order valence-electron chi connectivity index (χ1n) is 7.90. The van der Waals surface area contributed by atoms with E-state index in [1.807, 2.05) is 0 Å². The average molecular weight is 278 g/mol. The molecule has 0 spiro atoms. The van der Waals surface area contributed by atoms with Crippen LogP contribution < -0.4 is 10.6 Å². The normalized spacial score (nSPS) is 20.6. The van der Waals surface area contributed by atoms with Crippen LogP contribution in [0.25, 0.3) is 0 Å². The van der Waals surface area contributed by atoms with Gasteiger partial charge in [-0.1, -0.05) is 0 Å². The van der Waals surface area contributed by atoms with Crippen LogP contribution in [0, 0.1) is 6.92 Å². The molecule has 0 amide bonds. The molecular weight excluding hydrogens is 252 g/mol. The highest BCUT2D eigenvalue weighted by Crippen LogP contribution is 2.38. The maximum Gasteiger partial charge on any atom is 0.205 e. The molecule has 0 aromatic carbocycles. The van der Waals surface area contributed by atoms with Crippen molar-refractivity contribution in [3.05, 3.63) is 11.9 Å². The van der Waals surface area contributed by atoms with E-state index in [2.05, 4.69) is 22.6 Å². The second-order valence-electron chi connectivity index (χ2n) is 6.02. The van der Waals surface area contributed by atoms with Crippen LogP contribution in [-0.2, 0) is 4.74 Å². The lowest BCUT2D eigenvalue weighted by Gasteiger charge is -2.33. The van der Waals surface area contributed by atoms with Crippen LogP contribution in [0.2, 0.25) is 0 Å². The Balaban J connectivity index is 1.55. The Morgan fingerprint density at radius 3 is 2.70 bits per heavy atom. The smallest absolute Gasteiger partial charge is 0.205 e. The fraction of sp³-hybridized carbons (Fsp3) is 0.800. The van der Waals surface area contributed by atoms with Gasteiger partial charge in [0, 0.05) is 31.9 Å². The molecule has 1 saturated carbocycles. The molecule has 2 N–H and O–H groups in total. The van der Waals surface area contributed by atoms with Crippen molar-refractivity contribution in [1.82, 2.24) is 9.55 Å². The predicted molar refractivity (Wildman–Crippen MR) is 80.1 cm³/mol. The third-order valence-corrected chi connectivity index (χ3v) is 4.20. The topological polar surface area (TPSA) is 56.3 Å². The van der Waals surface area contributed by atoms with Gasteiger partial charge in [-0.05, 0) is 45.6 Å². The van der Waals surface area contributed by atoms with Crippen molar-refractivity contribution in [2.24, 2.45) is 5.73 Å². The number of aromatic nitrogens is 2. The molecule has 0 bridgehead atoms. The zero-order valence-electron chi connectivity index (χ0n) is 12.4. The number of nitrogens with two attached hydrogens (primary N) is 1. The molecule has 0 radical (unpaired) electrons. The number of hydrogen-bond acceptors (Lipinski definition) is 4. The molecule has 0 atom stereocenters. The number of hydrogen-bond donors (Lipinski definition) is 1. The van der Waals surface area contributed by atoms with E-state index in [-0.39, 0.29) is 0 Å². The van der Waals surface area contributed by atoms with Gasteiger partial charge in [-0.2, -0.15) is 0 Å². The van der Waals surface area contributed by atoms with E-state index in [0.717, 1.165) is 51.2 Å². The molecule has 1 saturated heterocycles. The molecule has 0 unspecified atom stereocenters. The van der Waals surface area contributed by atoms with Gasteiger partial charge in [0.25, 0.3) is 0 Å². The second-order valence-corrected chi connectivity index (χ2v) is 6.02. The zero-order chi connectivity index (χ0) is 13.9. The highest BCUT2D eigenvalue weighted by atomic mass is 16.5. The Labute approximate surface area is 121 Å². The SMILES string of the molecule is Cc1cn(C2CC2)c(N2CCC(OCCCN)CC2)n1. The molecule has 1 aliphatic heterocycles. The number of rotatable bonds is 6. The summed E-state index contributed by atoms with van der Waals surface area (Å²) in [6, 6.07) is 0.699. The summed E-state index contributed by atoms with van der Waals surface area (Å²) in [5.74, 6) is 1.17. The Morgan fingerprint density at radius 2 is 2.05 bits per heavy atom. The quantitative estimate of drug-likeness (QED) is 0.807. The van der Waals surface area contributed by atoms with E-state index >= 15 is 0 Å². The molecule has 3 rings (SSSR count). The van der Waals surface area contributed by atoms with E-state index in [4.69, 9.17) is 15.5 Å². The Morgan fingerprint density at radius 1 is 1.30 bits per heavy atom. The third kappa shape index (κ3) is 3.15. The van der Waals surface area contributed by atoms with Gasteiger partial charge in [-0.25, -0.2) is 4.98 Å². The van der Waals surface area contributed by atoms with E-state index in [9.17, 15) is 0 Å². The molecule has 1 aromatic rings. The van der Waals surface area contributed by atoms with Crippen molar-refractivity contribution in [2.75, 3.05) is 31.1 Å². The minimum Gasteiger partial charge on any atom is -0.378 e. The van der Waals surface area contributed by atoms with Crippen molar-refractivity contribution in [3.63, 3.8) is 0 Å². The predicted octanol–water partition coefficient (Wildman–Crippen LogP) is 1.86. The summed E-state index contributed by atoms with van der Waals surface area (Å²) in [6.45, 7) is 5.71. The van der Waals surface area contributed by atoms with E-state index in [1.165, 1.54) is 18.8 Å².